The summed E-state index contributed by atoms with van der Waals surface area (Å²) in [4.78, 5) is 0. The molecule has 1 unspecified atom stereocenters. The average molecular weight is 217 g/mol. The molecule has 1 fully saturated rings. The highest BCUT2D eigenvalue weighted by atomic mass is 14.8. The Morgan fingerprint density at radius 3 is 2.38 bits per heavy atom. The number of benzene rings is 1. The molecule has 1 aliphatic carbocycles. The van der Waals surface area contributed by atoms with E-state index >= 15 is 0 Å². The van der Waals surface area contributed by atoms with E-state index < -0.39 is 0 Å². The van der Waals surface area contributed by atoms with E-state index in [0.717, 1.165) is 12.5 Å². The minimum absolute atomic E-state index is 0.448. The predicted octanol–water partition coefficient (Wildman–Crippen LogP) is 3.17. The highest BCUT2D eigenvalue weighted by Crippen LogP contribution is 2.46. The van der Waals surface area contributed by atoms with Crippen LogP contribution in [0.5, 0.6) is 0 Å². The van der Waals surface area contributed by atoms with Crippen molar-refractivity contribution in [1.29, 1.82) is 0 Å². The van der Waals surface area contributed by atoms with Crippen LogP contribution in [0.3, 0.4) is 0 Å². The van der Waals surface area contributed by atoms with Crippen LogP contribution in [-0.4, -0.2) is 13.6 Å². The average Bonchev–Trinajstić information content (AvgIpc) is 3.05. The molecule has 0 radical (unpaired) electrons. The Morgan fingerprint density at radius 1 is 1.25 bits per heavy atom. The zero-order valence-corrected chi connectivity index (χ0v) is 10.7. The summed E-state index contributed by atoms with van der Waals surface area (Å²) in [6.07, 6.45) is 4.05. The summed E-state index contributed by atoms with van der Waals surface area (Å²) in [5.41, 5.74) is 3.28. The Morgan fingerprint density at radius 2 is 1.88 bits per heavy atom. The Balaban J connectivity index is 2.07. The number of rotatable bonds is 5. The Kier molecular flexibility index (Phi) is 3.34. The van der Waals surface area contributed by atoms with Crippen molar-refractivity contribution in [3.05, 3.63) is 35.4 Å². The topological polar surface area (TPSA) is 12.0 Å². The molecular formula is C15H23N. The molecule has 1 aromatic carbocycles. The zero-order chi connectivity index (χ0) is 11.6. The molecule has 1 heteroatoms. The number of aryl methyl sites for hydroxylation is 1. The van der Waals surface area contributed by atoms with E-state index in [4.69, 9.17) is 0 Å². The third-order valence-corrected chi connectivity index (χ3v) is 3.87. The van der Waals surface area contributed by atoms with Gasteiger partial charge in [-0.25, -0.2) is 0 Å². The number of hydrogen-bond donors (Lipinski definition) is 1. The van der Waals surface area contributed by atoms with Gasteiger partial charge in [-0.3, -0.25) is 0 Å². The summed E-state index contributed by atoms with van der Waals surface area (Å²) in [7, 11) is 2.07. The Labute approximate surface area is 99.3 Å². The minimum Gasteiger partial charge on any atom is -0.319 e. The van der Waals surface area contributed by atoms with Gasteiger partial charge in [-0.05, 0) is 50.1 Å². The summed E-state index contributed by atoms with van der Waals surface area (Å²) >= 11 is 0. The van der Waals surface area contributed by atoms with Crippen LogP contribution in [0.4, 0.5) is 0 Å². The van der Waals surface area contributed by atoms with Gasteiger partial charge in [-0.2, -0.15) is 0 Å². The minimum atomic E-state index is 0.448. The highest BCUT2D eigenvalue weighted by Gasteiger charge is 2.40. The molecule has 16 heavy (non-hydrogen) atoms. The van der Waals surface area contributed by atoms with Crippen molar-refractivity contribution >= 4 is 0 Å². The maximum atomic E-state index is 3.36. The van der Waals surface area contributed by atoms with Gasteiger partial charge in [0.25, 0.3) is 0 Å². The lowest BCUT2D eigenvalue weighted by Gasteiger charge is -2.29. The SMILES string of the molecule is CNCC(C)(Cc1ccc(C)cc1)C1CC1. The van der Waals surface area contributed by atoms with Crippen LogP contribution in [0.2, 0.25) is 0 Å². The van der Waals surface area contributed by atoms with Gasteiger partial charge in [-0.1, -0.05) is 36.8 Å². The van der Waals surface area contributed by atoms with Crippen molar-refractivity contribution in [2.24, 2.45) is 11.3 Å². The third-order valence-electron chi connectivity index (χ3n) is 3.87. The maximum Gasteiger partial charge on any atom is 0.000800 e. The van der Waals surface area contributed by atoms with Gasteiger partial charge < -0.3 is 5.32 Å². The molecule has 0 spiro atoms. The number of hydrogen-bond acceptors (Lipinski definition) is 1. The van der Waals surface area contributed by atoms with Gasteiger partial charge in [-0.15, -0.1) is 0 Å². The predicted molar refractivity (Wildman–Crippen MR) is 69.6 cm³/mol. The van der Waals surface area contributed by atoms with Crippen molar-refractivity contribution in [1.82, 2.24) is 5.32 Å². The fraction of sp³-hybridized carbons (Fsp3) is 0.600. The van der Waals surface area contributed by atoms with E-state index in [2.05, 4.69) is 50.5 Å². The van der Waals surface area contributed by atoms with Gasteiger partial charge in [0.05, 0.1) is 0 Å². The zero-order valence-electron chi connectivity index (χ0n) is 10.7. The van der Waals surface area contributed by atoms with Gasteiger partial charge in [0.2, 0.25) is 0 Å². The summed E-state index contributed by atoms with van der Waals surface area (Å²) in [6.45, 7) is 5.71. The quantitative estimate of drug-likeness (QED) is 0.799. The van der Waals surface area contributed by atoms with Crippen LogP contribution >= 0.6 is 0 Å². The summed E-state index contributed by atoms with van der Waals surface area (Å²) in [6, 6.07) is 9.02. The molecule has 1 saturated carbocycles. The van der Waals surface area contributed by atoms with Crippen molar-refractivity contribution in [2.45, 2.75) is 33.1 Å². The first-order valence-electron chi connectivity index (χ1n) is 6.34. The van der Waals surface area contributed by atoms with Gasteiger partial charge in [0.1, 0.15) is 0 Å². The molecule has 0 saturated heterocycles. The lowest BCUT2D eigenvalue weighted by Crippen LogP contribution is -2.33. The normalized spacial score (nSPS) is 19.4. The van der Waals surface area contributed by atoms with Gasteiger partial charge in [0.15, 0.2) is 0 Å². The van der Waals surface area contributed by atoms with Crippen LogP contribution < -0.4 is 5.32 Å². The first-order valence-corrected chi connectivity index (χ1v) is 6.34. The van der Waals surface area contributed by atoms with Crippen LogP contribution in [0.1, 0.15) is 30.9 Å². The largest absolute Gasteiger partial charge is 0.319 e. The molecule has 1 aromatic rings. The molecule has 0 aliphatic heterocycles. The Bertz CT molecular complexity index is 337. The molecule has 0 bridgehead atoms. The molecule has 1 atom stereocenters. The summed E-state index contributed by atoms with van der Waals surface area (Å²) in [5.74, 6) is 0.932. The van der Waals surface area contributed by atoms with Crippen LogP contribution in [0, 0.1) is 18.3 Å². The lowest BCUT2D eigenvalue weighted by atomic mass is 9.79. The smallest absolute Gasteiger partial charge is 0.000800 e. The molecule has 0 heterocycles. The second-order valence-electron chi connectivity index (χ2n) is 5.62. The molecule has 1 aliphatic rings. The fourth-order valence-corrected chi connectivity index (χ4v) is 2.71. The van der Waals surface area contributed by atoms with Crippen molar-refractivity contribution < 1.29 is 0 Å². The monoisotopic (exact) mass is 217 g/mol. The van der Waals surface area contributed by atoms with E-state index in [1.807, 2.05) is 0 Å². The Hall–Kier alpha value is -0.820. The second-order valence-corrected chi connectivity index (χ2v) is 5.62. The first-order chi connectivity index (χ1) is 7.64. The molecular weight excluding hydrogens is 194 g/mol. The van der Waals surface area contributed by atoms with E-state index in [9.17, 15) is 0 Å². The second kappa shape index (κ2) is 4.58. The van der Waals surface area contributed by atoms with E-state index in [1.54, 1.807) is 0 Å². The van der Waals surface area contributed by atoms with E-state index in [0.29, 0.717) is 5.41 Å². The van der Waals surface area contributed by atoms with Crippen molar-refractivity contribution in [3.63, 3.8) is 0 Å². The number of nitrogens with one attached hydrogen (secondary N) is 1. The molecule has 2 rings (SSSR count). The van der Waals surface area contributed by atoms with Crippen LogP contribution in [0.25, 0.3) is 0 Å². The standard InChI is InChI=1S/C15H23N/c1-12-4-6-13(7-5-12)10-15(2,11-16-3)14-8-9-14/h4-7,14,16H,8-11H2,1-3H3. The van der Waals surface area contributed by atoms with Crippen LogP contribution in [-0.2, 0) is 6.42 Å². The lowest BCUT2D eigenvalue weighted by molar-refractivity contribution is 0.263. The van der Waals surface area contributed by atoms with Gasteiger partial charge >= 0.3 is 0 Å². The molecule has 1 nitrogen and oxygen atoms in total. The maximum absolute atomic E-state index is 3.36. The summed E-state index contributed by atoms with van der Waals surface area (Å²) in [5, 5.41) is 3.36. The van der Waals surface area contributed by atoms with Crippen molar-refractivity contribution in [3.8, 4) is 0 Å². The van der Waals surface area contributed by atoms with Crippen LogP contribution in [0.15, 0.2) is 24.3 Å². The van der Waals surface area contributed by atoms with E-state index in [1.165, 1.54) is 30.4 Å². The van der Waals surface area contributed by atoms with Crippen molar-refractivity contribution in [2.75, 3.05) is 13.6 Å². The fourth-order valence-electron chi connectivity index (χ4n) is 2.71. The van der Waals surface area contributed by atoms with E-state index in [-0.39, 0.29) is 0 Å². The highest BCUT2D eigenvalue weighted by molar-refractivity contribution is 5.23. The molecule has 0 aromatic heterocycles. The molecule has 0 amide bonds. The first kappa shape index (κ1) is 11.7. The molecule has 88 valence electrons. The molecule has 1 N–H and O–H groups in total. The van der Waals surface area contributed by atoms with Gasteiger partial charge in [0, 0.05) is 6.54 Å². The summed E-state index contributed by atoms with van der Waals surface area (Å²) < 4.78 is 0. The third kappa shape index (κ3) is 2.65.